The molecule has 0 fully saturated rings. The molecule has 0 saturated heterocycles. The third-order valence-corrected chi connectivity index (χ3v) is 2.49. The SMILES string of the molecule is CCNCCN1C(=O)c2cccnc2C1=O. The van der Waals surface area contributed by atoms with E-state index in [1.165, 1.54) is 11.1 Å². The Balaban J connectivity index is 2.15. The number of nitrogens with one attached hydrogen (secondary N) is 1. The topological polar surface area (TPSA) is 62.3 Å². The van der Waals surface area contributed by atoms with E-state index in [2.05, 4.69) is 10.3 Å². The summed E-state index contributed by atoms with van der Waals surface area (Å²) in [5.41, 5.74) is 0.674. The molecule has 5 nitrogen and oxygen atoms in total. The van der Waals surface area contributed by atoms with Gasteiger partial charge in [0.15, 0.2) is 0 Å². The van der Waals surface area contributed by atoms with Gasteiger partial charge < -0.3 is 5.32 Å². The molecule has 1 aliphatic heterocycles. The summed E-state index contributed by atoms with van der Waals surface area (Å²) in [6, 6.07) is 3.30. The number of carbonyl (C=O) groups excluding carboxylic acids is 2. The van der Waals surface area contributed by atoms with E-state index in [0.717, 1.165) is 6.54 Å². The Labute approximate surface area is 93.5 Å². The molecule has 0 saturated carbocycles. The van der Waals surface area contributed by atoms with Gasteiger partial charge in [0.25, 0.3) is 11.8 Å². The fraction of sp³-hybridized carbons (Fsp3) is 0.364. The molecule has 0 spiro atoms. The number of amides is 2. The van der Waals surface area contributed by atoms with Gasteiger partial charge in [-0.25, -0.2) is 0 Å². The highest BCUT2D eigenvalue weighted by molar-refractivity contribution is 6.20. The molecule has 0 radical (unpaired) electrons. The van der Waals surface area contributed by atoms with Crippen LogP contribution in [0.25, 0.3) is 0 Å². The van der Waals surface area contributed by atoms with E-state index >= 15 is 0 Å². The van der Waals surface area contributed by atoms with E-state index in [0.29, 0.717) is 18.7 Å². The van der Waals surface area contributed by atoms with Gasteiger partial charge in [-0.05, 0) is 18.7 Å². The molecule has 0 aliphatic carbocycles. The lowest BCUT2D eigenvalue weighted by Gasteiger charge is -2.12. The second-order valence-corrected chi connectivity index (χ2v) is 3.52. The number of hydrogen-bond donors (Lipinski definition) is 1. The zero-order valence-electron chi connectivity index (χ0n) is 9.06. The highest BCUT2D eigenvalue weighted by Crippen LogP contribution is 2.19. The minimum atomic E-state index is -0.293. The fourth-order valence-corrected chi connectivity index (χ4v) is 1.68. The molecule has 0 atom stereocenters. The van der Waals surface area contributed by atoms with Crippen LogP contribution in [0.2, 0.25) is 0 Å². The lowest BCUT2D eigenvalue weighted by molar-refractivity contribution is 0.0654. The molecule has 84 valence electrons. The Morgan fingerprint density at radius 1 is 1.38 bits per heavy atom. The highest BCUT2D eigenvalue weighted by atomic mass is 16.2. The molecule has 1 aromatic rings. The van der Waals surface area contributed by atoms with E-state index < -0.39 is 0 Å². The minimum Gasteiger partial charge on any atom is -0.315 e. The van der Waals surface area contributed by atoms with Crippen LogP contribution in [0.15, 0.2) is 18.3 Å². The molecule has 5 heteroatoms. The van der Waals surface area contributed by atoms with Gasteiger partial charge in [0.2, 0.25) is 0 Å². The van der Waals surface area contributed by atoms with Crippen molar-refractivity contribution in [3.63, 3.8) is 0 Å². The first kappa shape index (κ1) is 10.8. The van der Waals surface area contributed by atoms with E-state index in [9.17, 15) is 9.59 Å². The Morgan fingerprint density at radius 2 is 2.19 bits per heavy atom. The van der Waals surface area contributed by atoms with Crippen molar-refractivity contribution in [2.75, 3.05) is 19.6 Å². The Morgan fingerprint density at radius 3 is 2.88 bits per heavy atom. The number of carbonyl (C=O) groups is 2. The Kier molecular flexibility index (Phi) is 2.96. The normalized spacial score (nSPS) is 14.4. The van der Waals surface area contributed by atoms with E-state index in [1.807, 2.05) is 6.92 Å². The second kappa shape index (κ2) is 4.40. The van der Waals surface area contributed by atoms with Gasteiger partial charge in [0, 0.05) is 19.3 Å². The molecule has 1 N–H and O–H groups in total. The molecule has 1 aromatic heterocycles. The fourth-order valence-electron chi connectivity index (χ4n) is 1.68. The largest absolute Gasteiger partial charge is 0.315 e. The number of imide groups is 1. The van der Waals surface area contributed by atoms with Crippen molar-refractivity contribution in [2.24, 2.45) is 0 Å². The van der Waals surface area contributed by atoms with Crippen molar-refractivity contribution >= 4 is 11.8 Å². The van der Waals surface area contributed by atoms with Crippen molar-refractivity contribution in [3.05, 3.63) is 29.6 Å². The van der Waals surface area contributed by atoms with Gasteiger partial charge in [-0.2, -0.15) is 0 Å². The summed E-state index contributed by atoms with van der Waals surface area (Å²) in [6.07, 6.45) is 1.53. The van der Waals surface area contributed by atoms with E-state index in [1.54, 1.807) is 12.1 Å². The van der Waals surface area contributed by atoms with Crippen LogP contribution in [0.5, 0.6) is 0 Å². The summed E-state index contributed by atoms with van der Waals surface area (Å²) in [7, 11) is 0. The Bertz CT molecular complexity index is 396. The van der Waals surface area contributed by atoms with E-state index in [-0.39, 0.29) is 17.5 Å². The molecule has 1 aliphatic rings. The van der Waals surface area contributed by atoms with Crippen LogP contribution in [0.3, 0.4) is 0 Å². The van der Waals surface area contributed by atoms with Crippen molar-refractivity contribution in [3.8, 4) is 0 Å². The lowest BCUT2D eigenvalue weighted by Crippen LogP contribution is -2.36. The smallest absolute Gasteiger partial charge is 0.280 e. The molecule has 0 unspecified atom stereocenters. The molecule has 2 rings (SSSR count). The molecule has 16 heavy (non-hydrogen) atoms. The van der Waals surface area contributed by atoms with Crippen molar-refractivity contribution < 1.29 is 9.59 Å². The number of aromatic nitrogens is 1. The van der Waals surface area contributed by atoms with Gasteiger partial charge in [0.05, 0.1) is 5.56 Å². The lowest BCUT2D eigenvalue weighted by atomic mass is 10.2. The molecular weight excluding hydrogens is 206 g/mol. The first-order valence-corrected chi connectivity index (χ1v) is 5.27. The van der Waals surface area contributed by atoms with Crippen molar-refractivity contribution in [1.29, 1.82) is 0 Å². The van der Waals surface area contributed by atoms with Crippen LogP contribution in [-0.2, 0) is 0 Å². The second-order valence-electron chi connectivity index (χ2n) is 3.52. The zero-order valence-corrected chi connectivity index (χ0v) is 9.06. The number of hydrogen-bond acceptors (Lipinski definition) is 4. The van der Waals surface area contributed by atoms with Crippen LogP contribution >= 0.6 is 0 Å². The molecular formula is C11H13N3O2. The summed E-state index contributed by atoms with van der Waals surface area (Å²) < 4.78 is 0. The molecule has 0 aromatic carbocycles. The summed E-state index contributed by atoms with van der Waals surface area (Å²) in [5, 5.41) is 3.08. The third-order valence-electron chi connectivity index (χ3n) is 2.49. The number of likely N-dealkylation sites (N-methyl/N-ethyl adjacent to an activating group) is 1. The van der Waals surface area contributed by atoms with Gasteiger partial charge >= 0.3 is 0 Å². The third kappa shape index (κ3) is 1.69. The first-order valence-electron chi connectivity index (χ1n) is 5.27. The van der Waals surface area contributed by atoms with Crippen LogP contribution in [-0.4, -0.2) is 41.3 Å². The number of rotatable bonds is 4. The monoisotopic (exact) mass is 219 g/mol. The summed E-state index contributed by atoms with van der Waals surface area (Å²) in [6.45, 7) is 3.80. The van der Waals surface area contributed by atoms with Crippen LogP contribution in [0, 0.1) is 0 Å². The molecule has 2 amide bonds. The average Bonchev–Trinajstić information content (AvgIpc) is 2.55. The van der Waals surface area contributed by atoms with E-state index in [4.69, 9.17) is 0 Å². The standard InChI is InChI=1S/C11H13N3O2/c1-2-12-6-7-14-10(15)8-4-3-5-13-9(8)11(14)16/h3-5,12H,2,6-7H2,1H3. The molecule has 0 bridgehead atoms. The van der Waals surface area contributed by atoms with Crippen LogP contribution < -0.4 is 5.32 Å². The number of pyridine rings is 1. The number of fused-ring (bicyclic) bond motifs is 1. The van der Waals surface area contributed by atoms with Gasteiger partial charge in [0.1, 0.15) is 5.69 Å². The van der Waals surface area contributed by atoms with Gasteiger partial charge in [-0.15, -0.1) is 0 Å². The van der Waals surface area contributed by atoms with Crippen LogP contribution in [0.4, 0.5) is 0 Å². The summed E-state index contributed by atoms with van der Waals surface area (Å²) in [5.74, 6) is -0.537. The maximum absolute atomic E-state index is 11.8. The highest BCUT2D eigenvalue weighted by Gasteiger charge is 2.35. The van der Waals surface area contributed by atoms with Crippen molar-refractivity contribution in [2.45, 2.75) is 6.92 Å². The molecule has 2 heterocycles. The maximum Gasteiger partial charge on any atom is 0.280 e. The van der Waals surface area contributed by atoms with Gasteiger partial charge in [-0.3, -0.25) is 19.5 Å². The Hall–Kier alpha value is -1.75. The quantitative estimate of drug-likeness (QED) is 0.584. The predicted octanol–water partition coefficient (Wildman–Crippen LogP) is 0.287. The number of nitrogens with zero attached hydrogens (tertiary/aromatic N) is 2. The van der Waals surface area contributed by atoms with Crippen molar-refractivity contribution in [1.82, 2.24) is 15.2 Å². The zero-order chi connectivity index (χ0) is 11.5. The predicted molar refractivity (Wildman–Crippen MR) is 58.1 cm³/mol. The first-order chi connectivity index (χ1) is 7.75. The summed E-state index contributed by atoms with van der Waals surface area (Å²) >= 11 is 0. The average molecular weight is 219 g/mol. The summed E-state index contributed by atoms with van der Waals surface area (Å²) in [4.78, 5) is 28.8. The maximum atomic E-state index is 11.8. The van der Waals surface area contributed by atoms with Gasteiger partial charge in [-0.1, -0.05) is 6.92 Å². The minimum absolute atomic E-state index is 0.244. The van der Waals surface area contributed by atoms with Crippen LogP contribution in [0.1, 0.15) is 27.8 Å².